The van der Waals surface area contributed by atoms with Crippen molar-refractivity contribution in [3.05, 3.63) is 113 Å². The molecule has 0 aliphatic carbocycles. The minimum absolute atomic E-state index is 0.0346. The third kappa shape index (κ3) is 2.56. The molecule has 0 unspecified atom stereocenters. The predicted octanol–water partition coefficient (Wildman–Crippen LogP) is 5.57. The third-order valence-corrected chi connectivity index (χ3v) is 6.41. The highest BCUT2D eigenvalue weighted by Crippen LogP contribution is 2.52. The van der Waals surface area contributed by atoms with Crippen molar-refractivity contribution in [1.82, 2.24) is 0 Å². The first-order chi connectivity index (χ1) is 16.0. The zero-order chi connectivity index (χ0) is 22.7. The summed E-state index contributed by atoms with van der Waals surface area (Å²) < 4.78 is 6.23. The summed E-state index contributed by atoms with van der Waals surface area (Å²) in [5, 5.41) is 33.8. The van der Waals surface area contributed by atoms with Gasteiger partial charge in [0.1, 0.15) is 17.2 Å². The molecule has 0 saturated heterocycles. The van der Waals surface area contributed by atoms with Crippen LogP contribution < -0.4 is 0 Å². The van der Waals surface area contributed by atoms with Gasteiger partial charge >= 0.3 is 5.97 Å². The first-order valence-corrected chi connectivity index (χ1v) is 10.5. The van der Waals surface area contributed by atoms with Crippen molar-refractivity contribution in [2.45, 2.75) is 5.60 Å². The first kappa shape index (κ1) is 19.2. The lowest BCUT2D eigenvalue weighted by Gasteiger charge is -2.32. The average molecular weight is 434 g/mol. The maximum atomic E-state index is 13.2. The summed E-state index contributed by atoms with van der Waals surface area (Å²) in [7, 11) is 0. The van der Waals surface area contributed by atoms with Crippen LogP contribution in [-0.4, -0.2) is 21.3 Å². The van der Waals surface area contributed by atoms with Crippen LogP contribution in [0.3, 0.4) is 0 Å². The van der Waals surface area contributed by atoms with Gasteiger partial charge in [0.25, 0.3) is 0 Å². The van der Waals surface area contributed by atoms with E-state index in [9.17, 15) is 20.1 Å². The summed E-state index contributed by atoms with van der Waals surface area (Å²) in [6, 6.07) is 26.1. The molecule has 160 valence electrons. The SMILES string of the molecule is O=C1OC(c2ccc(O)c3ccccc23)(c2ccc(O)c3ccccc23)c2ccc(O)cc21. The van der Waals surface area contributed by atoms with Gasteiger partial charge in [-0.25, -0.2) is 4.79 Å². The largest absolute Gasteiger partial charge is 0.508 e. The van der Waals surface area contributed by atoms with Gasteiger partial charge in [0.2, 0.25) is 0 Å². The Labute approximate surface area is 188 Å². The van der Waals surface area contributed by atoms with Crippen LogP contribution in [0.2, 0.25) is 0 Å². The maximum Gasteiger partial charge on any atom is 0.340 e. The Morgan fingerprint density at radius 2 is 1.06 bits per heavy atom. The molecule has 3 N–H and O–H groups in total. The number of benzene rings is 5. The van der Waals surface area contributed by atoms with Gasteiger partial charge in [0.15, 0.2) is 5.60 Å². The molecule has 1 aliphatic heterocycles. The van der Waals surface area contributed by atoms with Crippen LogP contribution in [0.15, 0.2) is 91.0 Å². The summed E-state index contributed by atoms with van der Waals surface area (Å²) in [5.41, 5.74) is 0.830. The van der Waals surface area contributed by atoms with Crippen molar-refractivity contribution >= 4 is 27.5 Å². The van der Waals surface area contributed by atoms with Gasteiger partial charge in [-0.1, -0.05) is 48.5 Å². The van der Waals surface area contributed by atoms with E-state index in [-0.39, 0.29) is 22.8 Å². The number of rotatable bonds is 2. The minimum atomic E-state index is -1.36. The molecular weight excluding hydrogens is 416 g/mol. The van der Waals surface area contributed by atoms with Crippen LogP contribution in [-0.2, 0) is 10.3 Å². The van der Waals surface area contributed by atoms with Gasteiger partial charge in [-0.2, -0.15) is 0 Å². The zero-order valence-corrected chi connectivity index (χ0v) is 17.3. The van der Waals surface area contributed by atoms with Crippen LogP contribution in [0.5, 0.6) is 17.2 Å². The number of cyclic esters (lactones) is 1. The zero-order valence-electron chi connectivity index (χ0n) is 17.3. The lowest BCUT2D eigenvalue weighted by atomic mass is 9.76. The molecule has 0 spiro atoms. The van der Waals surface area contributed by atoms with E-state index >= 15 is 0 Å². The van der Waals surface area contributed by atoms with Crippen molar-refractivity contribution < 1.29 is 24.9 Å². The molecule has 0 bridgehead atoms. The Hall–Kier alpha value is -4.51. The number of aromatic hydroxyl groups is 3. The van der Waals surface area contributed by atoms with E-state index in [2.05, 4.69) is 0 Å². The number of hydrogen-bond donors (Lipinski definition) is 3. The normalized spacial score (nSPS) is 14.4. The highest BCUT2D eigenvalue weighted by atomic mass is 16.6. The summed E-state index contributed by atoms with van der Waals surface area (Å²) in [5.74, 6) is -0.353. The summed E-state index contributed by atoms with van der Waals surface area (Å²) in [6.07, 6.45) is 0. The van der Waals surface area contributed by atoms with Crippen molar-refractivity contribution in [2.24, 2.45) is 0 Å². The van der Waals surface area contributed by atoms with Crippen LogP contribution in [0.4, 0.5) is 0 Å². The van der Waals surface area contributed by atoms with E-state index in [0.29, 0.717) is 27.5 Å². The monoisotopic (exact) mass is 434 g/mol. The molecule has 0 atom stereocenters. The molecule has 5 heteroatoms. The topological polar surface area (TPSA) is 87.0 Å². The highest BCUT2D eigenvalue weighted by Gasteiger charge is 2.50. The molecule has 5 aromatic rings. The fourth-order valence-corrected chi connectivity index (χ4v) is 4.98. The first-order valence-electron chi connectivity index (χ1n) is 10.5. The molecule has 6 rings (SSSR count). The fraction of sp³-hybridized carbons (Fsp3) is 0.0357. The number of phenolic OH excluding ortho intramolecular Hbond substituents is 3. The van der Waals surface area contributed by atoms with Crippen LogP contribution in [0.25, 0.3) is 21.5 Å². The van der Waals surface area contributed by atoms with E-state index in [1.165, 1.54) is 12.1 Å². The third-order valence-electron chi connectivity index (χ3n) is 6.41. The van der Waals surface area contributed by atoms with Crippen molar-refractivity contribution in [3.8, 4) is 17.2 Å². The molecule has 0 fully saturated rings. The van der Waals surface area contributed by atoms with E-state index < -0.39 is 11.6 Å². The Morgan fingerprint density at radius 1 is 0.576 bits per heavy atom. The molecule has 1 aliphatic rings. The second-order valence-corrected chi connectivity index (χ2v) is 8.16. The number of carbonyl (C=O) groups is 1. The Balaban J connectivity index is 1.82. The number of fused-ring (bicyclic) bond motifs is 3. The van der Waals surface area contributed by atoms with Gasteiger partial charge in [-0.3, -0.25) is 0 Å². The molecule has 33 heavy (non-hydrogen) atoms. The molecule has 0 saturated carbocycles. The lowest BCUT2D eigenvalue weighted by Crippen LogP contribution is -2.30. The summed E-state index contributed by atoms with van der Waals surface area (Å²) in [4.78, 5) is 13.2. The Kier molecular flexibility index (Phi) is 3.92. The number of ether oxygens (including phenoxy) is 1. The molecular formula is C28H18O5. The molecule has 0 aromatic heterocycles. The number of esters is 1. The van der Waals surface area contributed by atoms with Crippen LogP contribution >= 0.6 is 0 Å². The Morgan fingerprint density at radius 3 is 1.61 bits per heavy atom. The smallest absolute Gasteiger partial charge is 0.340 e. The molecule has 1 heterocycles. The van der Waals surface area contributed by atoms with E-state index in [1.54, 1.807) is 30.3 Å². The highest BCUT2D eigenvalue weighted by molar-refractivity contribution is 6.02. The van der Waals surface area contributed by atoms with Crippen molar-refractivity contribution in [3.63, 3.8) is 0 Å². The molecule has 5 aromatic carbocycles. The molecule has 0 amide bonds. The van der Waals surface area contributed by atoms with E-state index in [0.717, 1.165) is 10.8 Å². The second-order valence-electron chi connectivity index (χ2n) is 8.16. The fourth-order valence-electron chi connectivity index (χ4n) is 4.98. The van der Waals surface area contributed by atoms with E-state index in [4.69, 9.17) is 4.74 Å². The van der Waals surface area contributed by atoms with Crippen LogP contribution in [0.1, 0.15) is 27.0 Å². The number of phenols is 3. The second kappa shape index (κ2) is 6.74. The van der Waals surface area contributed by atoms with Gasteiger partial charge in [0, 0.05) is 27.5 Å². The average Bonchev–Trinajstić information content (AvgIpc) is 3.12. The van der Waals surface area contributed by atoms with Gasteiger partial charge in [0.05, 0.1) is 5.56 Å². The standard InChI is InChI=1S/C28H18O5/c29-16-9-10-24-21(15-16)27(32)33-28(24,22-11-13-25(30)19-7-3-1-5-17(19)22)23-12-14-26(31)20-8-4-2-6-18(20)23/h1-15,29-31H. The molecule has 5 nitrogen and oxygen atoms in total. The number of carbonyl (C=O) groups excluding carboxylic acids is 1. The number of hydrogen-bond acceptors (Lipinski definition) is 5. The Bertz CT molecular complexity index is 1520. The van der Waals surface area contributed by atoms with E-state index in [1.807, 2.05) is 48.5 Å². The van der Waals surface area contributed by atoms with Crippen molar-refractivity contribution in [1.29, 1.82) is 0 Å². The van der Waals surface area contributed by atoms with Gasteiger partial charge < -0.3 is 20.1 Å². The lowest BCUT2D eigenvalue weighted by molar-refractivity contribution is 0.0260. The minimum Gasteiger partial charge on any atom is -0.508 e. The maximum absolute atomic E-state index is 13.2. The van der Waals surface area contributed by atoms with Gasteiger partial charge in [-0.05, 0) is 53.2 Å². The predicted molar refractivity (Wildman–Crippen MR) is 125 cm³/mol. The van der Waals surface area contributed by atoms with Crippen molar-refractivity contribution in [2.75, 3.05) is 0 Å². The summed E-state index contributed by atoms with van der Waals surface area (Å²) >= 11 is 0. The summed E-state index contributed by atoms with van der Waals surface area (Å²) in [6.45, 7) is 0. The van der Waals surface area contributed by atoms with Crippen LogP contribution in [0, 0.1) is 0 Å². The van der Waals surface area contributed by atoms with Gasteiger partial charge in [-0.15, -0.1) is 0 Å². The molecule has 0 radical (unpaired) electrons. The quantitative estimate of drug-likeness (QED) is 0.316.